The van der Waals surface area contributed by atoms with E-state index in [0.29, 0.717) is 0 Å². The van der Waals surface area contributed by atoms with E-state index in [1.54, 1.807) is 11.1 Å². The van der Waals surface area contributed by atoms with Crippen molar-refractivity contribution < 1.29 is 30.0 Å². The number of carboxylic acid groups (broad SMARTS) is 2. The monoisotopic (exact) mass is 323 g/mol. The lowest BCUT2D eigenvalue weighted by molar-refractivity contribution is -0.165. The number of hydrogen-bond donors (Lipinski definition) is 5. The van der Waals surface area contributed by atoms with Gasteiger partial charge in [-0.3, -0.25) is 0 Å². The molecule has 7 heteroatoms. The van der Waals surface area contributed by atoms with E-state index in [2.05, 4.69) is 29.6 Å². The first-order valence-corrected chi connectivity index (χ1v) is 7.53. The second-order valence-electron chi connectivity index (χ2n) is 5.84. The van der Waals surface area contributed by atoms with Crippen LogP contribution >= 0.6 is 0 Å². The topological polar surface area (TPSA) is 127 Å². The predicted molar refractivity (Wildman–Crippen MR) is 81.2 cm³/mol. The minimum Gasteiger partial charge on any atom is -0.479 e. The Balaban J connectivity index is 0.000000175. The van der Waals surface area contributed by atoms with Crippen LogP contribution in [0.5, 0.6) is 0 Å². The molecule has 3 rings (SSSR count). The maximum absolute atomic E-state index is 9.77. The number of piperidine rings is 1. The van der Waals surface area contributed by atoms with E-state index in [4.69, 9.17) is 20.4 Å². The van der Waals surface area contributed by atoms with E-state index < -0.39 is 24.1 Å². The zero-order chi connectivity index (χ0) is 17.0. The van der Waals surface area contributed by atoms with Gasteiger partial charge in [-0.25, -0.2) is 9.59 Å². The number of fused-ring (bicyclic) bond motifs is 4. The summed E-state index contributed by atoms with van der Waals surface area (Å²) in [5.74, 6) is -2.69. The maximum atomic E-state index is 9.77. The van der Waals surface area contributed by atoms with Crippen molar-refractivity contribution in [3.05, 3.63) is 35.4 Å². The Morgan fingerprint density at radius 1 is 1.09 bits per heavy atom. The Kier molecular flexibility index (Phi) is 5.70. The molecule has 126 valence electrons. The largest absolute Gasteiger partial charge is 0.479 e. The van der Waals surface area contributed by atoms with Crippen LogP contribution in [-0.4, -0.2) is 57.2 Å². The molecule has 2 aliphatic rings. The molecule has 1 aromatic rings. The predicted octanol–water partition coefficient (Wildman–Crippen LogP) is -0.0443. The molecule has 1 fully saturated rings. The number of carbonyl (C=O) groups is 2. The number of benzene rings is 1. The summed E-state index contributed by atoms with van der Waals surface area (Å²) in [6.07, 6.45) is -0.605. The average molecular weight is 323 g/mol. The van der Waals surface area contributed by atoms with Crippen LogP contribution in [0.25, 0.3) is 0 Å². The van der Waals surface area contributed by atoms with Gasteiger partial charge in [-0.2, -0.15) is 0 Å². The minimum atomic E-state index is -2.27. The fraction of sp³-hybridized carbons (Fsp3) is 0.500. The van der Waals surface area contributed by atoms with Crippen molar-refractivity contribution in [2.75, 3.05) is 6.54 Å². The van der Waals surface area contributed by atoms with Crippen LogP contribution in [0.2, 0.25) is 0 Å². The van der Waals surface area contributed by atoms with E-state index in [1.807, 2.05) is 0 Å². The molecule has 0 amide bonds. The summed E-state index contributed by atoms with van der Waals surface area (Å²) >= 11 is 0. The van der Waals surface area contributed by atoms with Crippen molar-refractivity contribution in [2.45, 2.75) is 43.4 Å². The summed E-state index contributed by atoms with van der Waals surface area (Å²) in [4.78, 5) is 19.5. The van der Waals surface area contributed by atoms with Crippen LogP contribution < -0.4 is 5.32 Å². The van der Waals surface area contributed by atoms with Gasteiger partial charge in [0.05, 0.1) is 0 Å². The average Bonchev–Trinajstić information content (AvgIpc) is 2.54. The van der Waals surface area contributed by atoms with E-state index in [1.165, 1.54) is 25.8 Å². The van der Waals surface area contributed by atoms with Crippen molar-refractivity contribution >= 4 is 11.9 Å². The second-order valence-corrected chi connectivity index (χ2v) is 5.84. The molecule has 7 nitrogen and oxygen atoms in total. The van der Waals surface area contributed by atoms with Crippen LogP contribution in [0.1, 0.15) is 29.9 Å². The molecular weight excluding hydrogens is 302 g/mol. The summed E-state index contributed by atoms with van der Waals surface area (Å²) in [5.41, 5.74) is 3.20. The fourth-order valence-corrected chi connectivity index (χ4v) is 3.10. The molecule has 0 saturated carbocycles. The lowest BCUT2D eigenvalue weighted by Gasteiger charge is -2.36. The van der Waals surface area contributed by atoms with Gasteiger partial charge in [0.2, 0.25) is 0 Å². The van der Waals surface area contributed by atoms with Gasteiger partial charge in [0, 0.05) is 6.04 Å². The fourth-order valence-electron chi connectivity index (χ4n) is 3.10. The molecule has 1 aliphatic carbocycles. The number of aliphatic hydroxyl groups excluding tert-OH is 2. The van der Waals surface area contributed by atoms with Crippen LogP contribution in [0.3, 0.4) is 0 Å². The Morgan fingerprint density at radius 2 is 1.70 bits per heavy atom. The van der Waals surface area contributed by atoms with Crippen molar-refractivity contribution in [1.82, 2.24) is 5.32 Å². The third-order valence-electron chi connectivity index (χ3n) is 4.26. The van der Waals surface area contributed by atoms with E-state index in [-0.39, 0.29) is 0 Å². The van der Waals surface area contributed by atoms with Crippen LogP contribution in [-0.2, 0) is 16.0 Å². The van der Waals surface area contributed by atoms with Crippen LogP contribution in [0.4, 0.5) is 0 Å². The molecular formula is C16H21NO6. The molecule has 0 spiro atoms. The highest BCUT2D eigenvalue weighted by atomic mass is 16.4. The molecule has 1 heterocycles. The highest BCUT2D eigenvalue weighted by Crippen LogP contribution is 2.35. The molecule has 5 N–H and O–H groups in total. The van der Waals surface area contributed by atoms with Gasteiger partial charge in [0.1, 0.15) is 0 Å². The highest BCUT2D eigenvalue weighted by molar-refractivity contribution is 5.83. The number of rotatable bonds is 3. The first kappa shape index (κ1) is 17.4. The smallest absolute Gasteiger partial charge is 0.335 e. The SMILES string of the molecule is O=C(O)C(O)C(O)C(=O)O.c1ccc2c(c1)CC1CC2CCN1. The van der Waals surface area contributed by atoms with Crippen LogP contribution in [0.15, 0.2) is 24.3 Å². The lowest BCUT2D eigenvalue weighted by Crippen LogP contribution is -2.41. The third kappa shape index (κ3) is 4.28. The zero-order valence-corrected chi connectivity index (χ0v) is 12.6. The van der Waals surface area contributed by atoms with Gasteiger partial charge in [0.15, 0.2) is 12.2 Å². The van der Waals surface area contributed by atoms with E-state index >= 15 is 0 Å². The first-order chi connectivity index (χ1) is 10.9. The molecule has 1 aliphatic heterocycles. The van der Waals surface area contributed by atoms with E-state index in [0.717, 1.165) is 12.0 Å². The molecule has 2 bridgehead atoms. The minimum absolute atomic E-state index is 0.758. The number of aliphatic carboxylic acids is 2. The van der Waals surface area contributed by atoms with Gasteiger partial charge >= 0.3 is 11.9 Å². The quantitative estimate of drug-likeness (QED) is 0.528. The van der Waals surface area contributed by atoms with Gasteiger partial charge in [-0.05, 0) is 42.9 Å². The molecule has 23 heavy (non-hydrogen) atoms. The third-order valence-corrected chi connectivity index (χ3v) is 4.26. The Morgan fingerprint density at radius 3 is 2.30 bits per heavy atom. The van der Waals surface area contributed by atoms with Gasteiger partial charge in [-0.15, -0.1) is 0 Å². The first-order valence-electron chi connectivity index (χ1n) is 7.53. The Bertz CT molecular complexity index is 557. The standard InChI is InChI=1S/C12H15N.C4H6O6/c1-2-4-12-9(3-1)7-11-8-10(12)5-6-13-11;5-1(3(7)8)2(6)4(9)10/h1-4,10-11,13H,5-8H2;1-2,5-6H,(H,7,8)(H,9,10). The van der Waals surface area contributed by atoms with Crippen molar-refractivity contribution in [3.63, 3.8) is 0 Å². The molecule has 4 atom stereocenters. The second kappa shape index (κ2) is 7.54. The highest BCUT2D eigenvalue weighted by Gasteiger charge is 2.30. The summed E-state index contributed by atoms with van der Waals surface area (Å²) in [7, 11) is 0. The number of nitrogens with one attached hydrogen (secondary N) is 1. The van der Waals surface area contributed by atoms with Gasteiger partial charge in [0.25, 0.3) is 0 Å². The number of hydrogen-bond acceptors (Lipinski definition) is 5. The summed E-state index contributed by atoms with van der Waals surface area (Å²) < 4.78 is 0. The van der Waals surface area contributed by atoms with E-state index in [9.17, 15) is 9.59 Å². The number of carboxylic acids is 2. The molecule has 0 radical (unpaired) electrons. The zero-order valence-electron chi connectivity index (χ0n) is 12.6. The summed E-state index contributed by atoms with van der Waals surface area (Å²) in [6.45, 7) is 1.21. The Labute approximate surface area is 133 Å². The molecule has 0 aromatic heterocycles. The van der Waals surface area contributed by atoms with Gasteiger partial charge in [-0.1, -0.05) is 24.3 Å². The normalized spacial score (nSPS) is 24.4. The number of aliphatic hydroxyl groups is 2. The molecule has 1 saturated heterocycles. The van der Waals surface area contributed by atoms with Crippen molar-refractivity contribution in [3.8, 4) is 0 Å². The maximum Gasteiger partial charge on any atom is 0.335 e. The van der Waals surface area contributed by atoms with Crippen LogP contribution in [0, 0.1) is 0 Å². The van der Waals surface area contributed by atoms with Gasteiger partial charge < -0.3 is 25.7 Å². The van der Waals surface area contributed by atoms with Crippen molar-refractivity contribution in [1.29, 1.82) is 0 Å². The Hall–Kier alpha value is -1.96. The summed E-state index contributed by atoms with van der Waals surface area (Å²) in [6, 6.07) is 9.72. The lowest BCUT2D eigenvalue weighted by atomic mass is 9.76. The summed E-state index contributed by atoms with van der Waals surface area (Å²) in [5, 5.41) is 36.1. The molecule has 4 unspecified atom stereocenters. The van der Waals surface area contributed by atoms with Crippen molar-refractivity contribution in [2.24, 2.45) is 0 Å². The molecule has 1 aromatic carbocycles.